The van der Waals surface area contributed by atoms with Crippen molar-refractivity contribution < 1.29 is 44.3 Å². The smallest absolute Gasteiger partial charge is 0.548 e. The number of rotatable bonds is 5. The van der Waals surface area contributed by atoms with Crippen LogP contribution in [-0.4, -0.2) is 27.5 Å². The number of aromatic nitrogens is 2. The number of hydrogen-bond acceptors (Lipinski definition) is 5. The SMILES string of the molecule is Cn1cncc1C[C@H](NC(=O)CC#N)C(=O)[O-].[Na+]. The summed E-state index contributed by atoms with van der Waals surface area (Å²) in [5, 5.41) is 21.4. The molecule has 0 saturated carbocycles. The average Bonchev–Trinajstić information content (AvgIpc) is 2.63. The van der Waals surface area contributed by atoms with Gasteiger partial charge in [0.15, 0.2) is 0 Å². The molecule has 0 aliphatic heterocycles. The Morgan fingerprint density at radius 3 is 2.78 bits per heavy atom. The maximum Gasteiger partial charge on any atom is 1.00 e. The molecule has 1 atom stereocenters. The minimum atomic E-state index is -1.39. The van der Waals surface area contributed by atoms with Gasteiger partial charge in [-0.25, -0.2) is 4.98 Å². The van der Waals surface area contributed by atoms with Gasteiger partial charge in [0, 0.05) is 25.4 Å². The van der Waals surface area contributed by atoms with Crippen LogP contribution in [0.1, 0.15) is 12.1 Å². The van der Waals surface area contributed by atoms with E-state index in [1.54, 1.807) is 17.7 Å². The number of carboxylic acids is 1. The van der Waals surface area contributed by atoms with Gasteiger partial charge in [-0.05, 0) is 0 Å². The Morgan fingerprint density at radius 2 is 2.33 bits per heavy atom. The van der Waals surface area contributed by atoms with Crippen molar-refractivity contribution in [2.45, 2.75) is 18.9 Å². The summed E-state index contributed by atoms with van der Waals surface area (Å²) in [7, 11) is 1.71. The summed E-state index contributed by atoms with van der Waals surface area (Å²) < 4.78 is 1.65. The standard InChI is InChI=1S/C10H12N4O3.Na/c1-14-6-12-5-7(14)4-8(10(16)17)13-9(15)2-3-11;/h5-6,8H,2,4H2,1H3,(H,13,15)(H,16,17);/q;+1/p-1/t8-;/m0./s1. The van der Waals surface area contributed by atoms with Crippen molar-refractivity contribution >= 4 is 11.9 Å². The van der Waals surface area contributed by atoms with E-state index < -0.39 is 17.9 Å². The van der Waals surface area contributed by atoms with Gasteiger partial charge in [0.2, 0.25) is 5.91 Å². The van der Waals surface area contributed by atoms with Crippen molar-refractivity contribution in [3.8, 4) is 6.07 Å². The Balaban J connectivity index is 0.00000289. The van der Waals surface area contributed by atoms with Gasteiger partial charge in [-0.2, -0.15) is 5.26 Å². The second kappa shape index (κ2) is 7.87. The first-order valence-corrected chi connectivity index (χ1v) is 4.87. The van der Waals surface area contributed by atoms with E-state index in [0.29, 0.717) is 5.69 Å². The van der Waals surface area contributed by atoms with Crippen LogP contribution >= 0.6 is 0 Å². The number of nitrogens with zero attached hydrogens (tertiary/aromatic N) is 3. The Morgan fingerprint density at radius 1 is 1.67 bits per heavy atom. The molecule has 0 aromatic carbocycles. The zero-order valence-electron chi connectivity index (χ0n) is 10.2. The number of aliphatic carboxylic acids is 1. The van der Waals surface area contributed by atoms with E-state index >= 15 is 0 Å². The molecule has 0 aliphatic carbocycles. The quantitative estimate of drug-likeness (QED) is 0.532. The van der Waals surface area contributed by atoms with Crippen molar-refractivity contribution in [2.75, 3.05) is 0 Å². The van der Waals surface area contributed by atoms with Crippen LogP contribution in [0.15, 0.2) is 12.5 Å². The van der Waals surface area contributed by atoms with E-state index in [4.69, 9.17) is 5.26 Å². The molecule has 1 rings (SSSR count). The number of amides is 1. The molecule has 0 aliphatic rings. The maximum atomic E-state index is 11.1. The third kappa shape index (κ3) is 4.87. The molecule has 1 aromatic heterocycles. The molecule has 0 radical (unpaired) electrons. The minimum absolute atomic E-state index is 0. The molecule has 0 bridgehead atoms. The first-order chi connectivity index (χ1) is 8.04. The van der Waals surface area contributed by atoms with Crippen molar-refractivity contribution in [1.82, 2.24) is 14.9 Å². The van der Waals surface area contributed by atoms with Crippen molar-refractivity contribution in [2.24, 2.45) is 7.05 Å². The predicted molar refractivity (Wildman–Crippen MR) is 54.1 cm³/mol. The van der Waals surface area contributed by atoms with Crippen LogP contribution < -0.4 is 40.0 Å². The van der Waals surface area contributed by atoms with E-state index in [2.05, 4.69) is 10.3 Å². The monoisotopic (exact) mass is 258 g/mol. The number of carbonyl (C=O) groups excluding carboxylic acids is 2. The average molecular weight is 258 g/mol. The molecule has 0 saturated heterocycles. The van der Waals surface area contributed by atoms with E-state index in [0.717, 1.165) is 0 Å². The van der Waals surface area contributed by atoms with Crippen LogP contribution in [0.4, 0.5) is 0 Å². The van der Waals surface area contributed by atoms with Crippen LogP contribution in [-0.2, 0) is 23.1 Å². The minimum Gasteiger partial charge on any atom is -0.548 e. The van der Waals surface area contributed by atoms with Gasteiger partial charge in [-0.15, -0.1) is 0 Å². The van der Waals surface area contributed by atoms with E-state index in [9.17, 15) is 14.7 Å². The number of imidazole rings is 1. The van der Waals surface area contributed by atoms with Gasteiger partial charge in [-0.3, -0.25) is 4.79 Å². The molecular formula is C10H11N4NaO3. The largest absolute Gasteiger partial charge is 1.00 e. The second-order valence-corrected chi connectivity index (χ2v) is 3.47. The van der Waals surface area contributed by atoms with Gasteiger partial charge >= 0.3 is 29.6 Å². The van der Waals surface area contributed by atoms with Gasteiger partial charge in [0.05, 0.1) is 24.4 Å². The molecular weight excluding hydrogens is 247 g/mol. The van der Waals surface area contributed by atoms with Crippen LogP contribution in [0.2, 0.25) is 0 Å². The zero-order valence-corrected chi connectivity index (χ0v) is 12.2. The third-order valence-corrected chi connectivity index (χ3v) is 2.19. The summed E-state index contributed by atoms with van der Waals surface area (Å²) in [5.41, 5.74) is 0.649. The molecule has 1 amide bonds. The third-order valence-electron chi connectivity index (χ3n) is 2.19. The molecule has 90 valence electrons. The fourth-order valence-electron chi connectivity index (χ4n) is 1.30. The Labute approximate surface area is 126 Å². The summed E-state index contributed by atoms with van der Waals surface area (Å²) in [4.78, 5) is 25.8. The van der Waals surface area contributed by atoms with E-state index in [1.807, 2.05) is 0 Å². The van der Waals surface area contributed by atoms with Gasteiger partial charge in [0.1, 0.15) is 6.42 Å². The van der Waals surface area contributed by atoms with Crippen molar-refractivity contribution in [1.29, 1.82) is 5.26 Å². The normalized spacial score (nSPS) is 10.9. The van der Waals surface area contributed by atoms with Crippen molar-refractivity contribution in [3.05, 3.63) is 18.2 Å². The number of hydrogen-bond donors (Lipinski definition) is 1. The van der Waals surface area contributed by atoms with Gasteiger partial charge < -0.3 is 19.8 Å². The molecule has 7 nitrogen and oxygen atoms in total. The summed E-state index contributed by atoms with van der Waals surface area (Å²) in [6.07, 6.45) is 2.72. The first kappa shape index (κ1) is 16.6. The molecule has 1 N–H and O–H groups in total. The first-order valence-electron chi connectivity index (χ1n) is 4.87. The zero-order chi connectivity index (χ0) is 12.8. The molecule has 1 heterocycles. The number of nitriles is 1. The van der Waals surface area contributed by atoms with Crippen LogP contribution in [0.3, 0.4) is 0 Å². The molecule has 1 aromatic rings. The Bertz CT molecular complexity index is 466. The van der Waals surface area contributed by atoms with Crippen LogP contribution in [0.25, 0.3) is 0 Å². The number of carboxylic acid groups (broad SMARTS) is 1. The number of carbonyl (C=O) groups is 2. The number of aryl methyl sites for hydroxylation is 1. The summed E-state index contributed by atoms with van der Waals surface area (Å²) in [5.74, 6) is -2.03. The topological polar surface area (TPSA) is 111 Å². The van der Waals surface area contributed by atoms with Crippen molar-refractivity contribution in [3.63, 3.8) is 0 Å². The van der Waals surface area contributed by atoms with Gasteiger partial charge in [0.25, 0.3) is 0 Å². The number of nitrogens with one attached hydrogen (secondary N) is 1. The Kier molecular flexibility index (Phi) is 7.27. The molecule has 0 fully saturated rings. The summed E-state index contributed by atoms with van der Waals surface area (Å²) in [6.45, 7) is 0. The molecule has 18 heavy (non-hydrogen) atoms. The maximum absolute atomic E-state index is 11.1. The van der Waals surface area contributed by atoms with E-state index in [-0.39, 0.29) is 42.4 Å². The fraction of sp³-hybridized carbons (Fsp3) is 0.400. The summed E-state index contributed by atoms with van der Waals surface area (Å²) >= 11 is 0. The molecule has 0 unspecified atom stereocenters. The molecule has 8 heteroatoms. The fourth-order valence-corrected chi connectivity index (χ4v) is 1.30. The molecule has 0 spiro atoms. The van der Waals surface area contributed by atoms with Crippen LogP contribution in [0.5, 0.6) is 0 Å². The Hall–Kier alpha value is -1.36. The van der Waals surface area contributed by atoms with Crippen LogP contribution in [0, 0.1) is 11.3 Å². The summed E-state index contributed by atoms with van der Waals surface area (Å²) in [6, 6.07) is 0.478. The van der Waals surface area contributed by atoms with Gasteiger partial charge in [-0.1, -0.05) is 0 Å². The second-order valence-electron chi connectivity index (χ2n) is 3.47. The predicted octanol–water partition coefficient (Wildman–Crippen LogP) is -4.89. The van der Waals surface area contributed by atoms with E-state index in [1.165, 1.54) is 12.5 Å².